The summed E-state index contributed by atoms with van der Waals surface area (Å²) < 4.78 is 0. The number of carboxylic acids is 1. The highest BCUT2D eigenvalue weighted by atomic mass is 32.2. The Balaban J connectivity index is 2.69. The molecule has 0 radical (unpaired) electrons. The van der Waals surface area contributed by atoms with E-state index >= 15 is 0 Å². The number of aliphatic carboxylic acids is 1. The van der Waals surface area contributed by atoms with E-state index < -0.39 is 12.0 Å². The van der Waals surface area contributed by atoms with Gasteiger partial charge in [0.05, 0.1) is 5.25 Å². The highest BCUT2D eigenvalue weighted by molar-refractivity contribution is 8.00. The van der Waals surface area contributed by atoms with Crippen LogP contribution in [0, 0.1) is 5.92 Å². The van der Waals surface area contributed by atoms with Crippen LogP contribution in [0.15, 0.2) is 35.2 Å². The van der Waals surface area contributed by atoms with Crippen molar-refractivity contribution in [1.82, 2.24) is 5.32 Å². The number of nitrogens with one attached hydrogen (secondary N) is 1. The maximum atomic E-state index is 12.2. The average Bonchev–Trinajstić information content (AvgIpc) is 2.42. The molecule has 2 unspecified atom stereocenters. The van der Waals surface area contributed by atoms with E-state index in [9.17, 15) is 9.59 Å². The number of hydrogen-bond donors (Lipinski definition) is 2. The van der Waals surface area contributed by atoms with Crippen molar-refractivity contribution < 1.29 is 14.7 Å². The molecule has 0 heterocycles. The molecule has 110 valence electrons. The molecule has 1 rings (SSSR count). The Bertz CT molecular complexity index is 448. The van der Waals surface area contributed by atoms with Gasteiger partial charge in [-0.2, -0.15) is 0 Å². The molecule has 0 aliphatic carbocycles. The molecule has 2 N–H and O–H groups in total. The lowest BCUT2D eigenvalue weighted by Crippen LogP contribution is -2.47. The number of benzene rings is 1. The second-order valence-electron chi connectivity index (χ2n) is 4.90. The van der Waals surface area contributed by atoms with E-state index in [1.807, 2.05) is 37.3 Å². The van der Waals surface area contributed by atoms with Gasteiger partial charge in [-0.1, -0.05) is 39.0 Å². The van der Waals surface area contributed by atoms with Gasteiger partial charge in [0.1, 0.15) is 6.04 Å². The van der Waals surface area contributed by atoms with Crippen LogP contribution in [0.25, 0.3) is 0 Å². The van der Waals surface area contributed by atoms with Gasteiger partial charge in [0.25, 0.3) is 0 Å². The van der Waals surface area contributed by atoms with Crippen molar-refractivity contribution in [3.63, 3.8) is 0 Å². The molecule has 1 aromatic carbocycles. The summed E-state index contributed by atoms with van der Waals surface area (Å²) >= 11 is 1.46. The molecule has 4 nitrogen and oxygen atoms in total. The Morgan fingerprint density at radius 2 is 1.85 bits per heavy atom. The third kappa shape index (κ3) is 4.89. The van der Waals surface area contributed by atoms with Crippen LogP contribution >= 0.6 is 11.8 Å². The first-order valence-electron chi connectivity index (χ1n) is 6.70. The van der Waals surface area contributed by atoms with Gasteiger partial charge in [-0.15, -0.1) is 11.8 Å². The largest absolute Gasteiger partial charge is 0.480 e. The second-order valence-corrected chi connectivity index (χ2v) is 6.17. The fourth-order valence-corrected chi connectivity index (χ4v) is 2.73. The summed E-state index contributed by atoms with van der Waals surface area (Å²) in [7, 11) is 0. The monoisotopic (exact) mass is 295 g/mol. The Morgan fingerprint density at radius 1 is 1.25 bits per heavy atom. The molecular weight excluding hydrogens is 274 g/mol. The Kier molecular flexibility index (Phi) is 6.58. The van der Waals surface area contributed by atoms with Crippen molar-refractivity contribution in [1.29, 1.82) is 0 Å². The fourth-order valence-electron chi connectivity index (χ4n) is 1.75. The zero-order chi connectivity index (χ0) is 15.1. The number of rotatable bonds is 7. The zero-order valence-corrected chi connectivity index (χ0v) is 12.8. The minimum atomic E-state index is -0.993. The highest BCUT2D eigenvalue weighted by Crippen LogP contribution is 2.25. The van der Waals surface area contributed by atoms with Gasteiger partial charge in [-0.05, 0) is 24.5 Å². The van der Waals surface area contributed by atoms with Crippen LogP contribution in [-0.4, -0.2) is 28.3 Å². The Hall–Kier alpha value is -1.49. The summed E-state index contributed by atoms with van der Waals surface area (Å²) in [5.74, 6) is -1.36. The number of amides is 1. The van der Waals surface area contributed by atoms with Gasteiger partial charge in [-0.3, -0.25) is 4.79 Å². The highest BCUT2D eigenvalue weighted by Gasteiger charge is 2.27. The summed E-state index contributed by atoms with van der Waals surface area (Å²) in [6.07, 6.45) is 0.649. The van der Waals surface area contributed by atoms with Gasteiger partial charge in [-0.25, -0.2) is 4.79 Å². The summed E-state index contributed by atoms with van der Waals surface area (Å²) in [6, 6.07) is 8.80. The van der Waals surface area contributed by atoms with Crippen molar-refractivity contribution in [2.75, 3.05) is 0 Å². The summed E-state index contributed by atoms with van der Waals surface area (Å²) in [5.41, 5.74) is 0. The Morgan fingerprint density at radius 3 is 2.30 bits per heavy atom. The lowest BCUT2D eigenvalue weighted by molar-refractivity contribution is -0.143. The molecule has 0 spiro atoms. The first-order chi connectivity index (χ1) is 9.45. The van der Waals surface area contributed by atoms with E-state index in [1.54, 1.807) is 13.8 Å². The van der Waals surface area contributed by atoms with Gasteiger partial charge in [0, 0.05) is 4.90 Å². The quantitative estimate of drug-likeness (QED) is 0.759. The van der Waals surface area contributed by atoms with E-state index in [0.29, 0.717) is 6.42 Å². The van der Waals surface area contributed by atoms with E-state index in [2.05, 4.69) is 5.32 Å². The SMILES string of the molecule is CCC(Sc1ccccc1)C(=O)NC(C(=O)O)C(C)C. The lowest BCUT2D eigenvalue weighted by Gasteiger charge is -2.21. The minimum Gasteiger partial charge on any atom is -0.480 e. The molecule has 5 heteroatoms. The van der Waals surface area contributed by atoms with E-state index in [0.717, 1.165) is 4.90 Å². The molecule has 1 amide bonds. The van der Waals surface area contributed by atoms with Gasteiger partial charge in [0.2, 0.25) is 5.91 Å². The maximum absolute atomic E-state index is 12.2. The van der Waals surface area contributed by atoms with Crippen molar-refractivity contribution in [2.45, 2.75) is 43.4 Å². The molecule has 0 bridgehead atoms. The zero-order valence-electron chi connectivity index (χ0n) is 12.0. The predicted molar refractivity (Wildman–Crippen MR) is 80.8 cm³/mol. The second kappa shape index (κ2) is 7.94. The summed E-state index contributed by atoms with van der Waals surface area (Å²) in [4.78, 5) is 24.3. The molecule has 2 atom stereocenters. The van der Waals surface area contributed by atoms with Crippen LogP contribution in [0.5, 0.6) is 0 Å². The van der Waals surface area contributed by atoms with Crippen LogP contribution in [0.4, 0.5) is 0 Å². The normalized spacial score (nSPS) is 13.8. The number of carbonyl (C=O) groups is 2. The van der Waals surface area contributed by atoms with E-state index in [4.69, 9.17) is 5.11 Å². The number of carboxylic acid groups (broad SMARTS) is 1. The molecule has 0 saturated heterocycles. The predicted octanol–water partition coefficient (Wildman–Crippen LogP) is 2.78. The molecule has 0 fully saturated rings. The van der Waals surface area contributed by atoms with E-state index in [1.165, 1.54) is 11.8 Å². The Labute approximate surface area is 124 Å². The maximum Gasteiger partial charge on any atom is 0.326 e. The standard InChI is InChI=1S/C15H21NO3S/c1-4-12(20-11-8-6-5-7-9-11)14(17)16-13(10(2)3)15(18)19/h5-10,12-13H,4H2,1-3H3,(H,16,17)(H,18,19). The third-order valence-electron chi connectivity index (χ3n) is 2.92. The van der Waals surface area contributed by atoms with Crippen molar-refractivity contribution in [3.05, 3.63) is 30.3 Å². The van der Waals surface area contributed by atoms with Crippen LogP contribution in [0.3, 0.4) is 0 Å². The lowest BCUT2D eigenvalue weighted by atomic mass is 10.0. The van der Waals surface area contributed by atoms with Crippen LogP contribution in [-0.2, 0) is 9.59 Å². The van der Waals surface area contributed by atoms with Crippen molar-refractivity contribution in [2.24, 2.45) is 5.92 Å². The molecule has 1 aromatic rings. The van der Waals surface area contributed by atoms with Crippen molar-refractivity contribution >= 4 is 23.6 Å². The van der Waals surface area contributed by atoms with Crippen LogP contribution in [0.1, 0.15) is 27.2 Å². The molecule has 0 aliphatic rings. The summed E-state index contributed by atoms with van der Waals surface area (Å²) in [6.45, 7) is 5.49. The molecule has 0 aromatic heterocycles. The van der Waals surface area contributed by atoms with Gasteiger partial charge < -0.3 is 10.4 Å². The van der Waals surface area contributed by atoms with E-state index in [-0.39, 0.29) is 17.1 Å². The topological polar surface area (TPSA) is 66.4 Å². The van der Waals surface area contributed by atoms with Gasteiger partial charge >= 0.3 is 5.97 Å². The first kappa shape index (κ1) is 16.6. The molecule has 20 heavy (non-hydrogen) atoms. The first-order valence-corrected chi connectivity index (χ1v) is 7.58. The van der Waals surface area contributed by atoms with Crippen LogP contribution < -0.4 is 5.32 Å². The molecule has 0 saturated carbocycles. The number of hydrogen-bond acceptors (Lipinski definition) is 3. The average molecular weight is 295 g/mol. The third-order valence-corrected chi connectivity index (χ3v) is 4.29. The van der Waals surface area contributed by atoms with Crippen LogP contribution in [0.2, 0.25) is 0 Å². The van der Waals surface area contributed by atoms with Gasteiger partial charge in [0.15, 0.2) is 0 Å². The number of carbonyl (C=O) groups excluding carboxylic acids is 1. The molecular formula is C15H21NO3S. The minimum absolute atomic E-state index is 0.143. The summed E-state index contributed by atoms with van der Waals surface area (Å²) in [5, 5.41) is 11.5. The smallest absolute Gasteiger partial charge is 0.326 e. The number of thioether (sulfide) groups is 1. The fraction of sp³-hybridized carbons (Fsp3) is 0.467. The molecule has 0 aliphatic heterocycles. The van der Waals surface area contributed by atoms with Crippen molar-refractivity contribution in [3.8, 4) is 0 Å².